The number of carbonyl (C=O) groups excluding carboxylic acids is 2. The number of hydrazine groups is 1. The molecule has 3 rings (SSSR count). The lowest BCUT2D eigenvalue weighted by atomic mass is 10.1. The zero-order valence-corrected chi connectivity index (χ0v) is 15.7. The third-order valence-corrected chi connectivity index (χ3v) is 4.80. The summed E-state index contributed by atoms with van der Waals surface area (Å²) in [6.07, 6.45) is 0.180. The Bertz CT molecular complexity index is 792. The monoisotopic (exact) mass is 384 g/mol. The van der Waals surface area contributed by atoms with E-state index in [4.69, 9.17) is 0 Å². The van der Waals surface area contributed by atoms with Crippen molar-refractivity contribution < 1.29 is 14.0 Å². The Morgan fingerprint density at radius 1 is 0.857 bits per heavy atom. The first-order valence-corrected chi connectivity index (χ1v) is 9.45. The summed E-state index contributed by atoms with van der Waals surface area (Å²) in [5.41, 5.74) is 6.26. The van der Waals surface area contributed by atoms with Gasteiger partial charge < -0.3 is 4.90 Å². The Morgan fingerprint density at radius 3 is 2.21 bits per heavy atom. The van der Waals surface area contributed by atoms with Gasteiger partial charge in [0, 0.05) is 44.8 Å². The van der Waals surface area contributed by atoms with Crippen molar-refractivity contribution in [1.82, 2.24) is 15.8 Å². The molecular formula is C21H25FN4O2. The summed E-state index contributed by atoms with van der Waals surface area (Å²) in [5, 5.41) is 0. The van der Waals surface area contributed by atoms with Gasteiger partial charge in [-0.2, -0.15) is 0 Å². The molecule has 2 N–H and O–H groups in total. The first-order valence-electron chi connectivity index (χ1n) is 9.45. The number of halogens is 1. The standard InChI is InChI=1S/C21H25FN4O2/c22-19-9-5-4-6-17(19)16-21(28)24-23-20(27)10-11-25-12-14-26(15-13-25)18-7-2-1-3-8-18/h1-9H,10-16H2,(H,23,27)(H,24,28). The summed E-state index contributed by atoms with van der Waals surface area (Å²) in [6.45, 7) is 4.26. The second-order valence-electron chi connectivity index (χ2n) is 6.78. The van der Waals surface area contributed by atoms with Gasteiger partial charge in [0.25, 0.3) is 0 Å². The molecule has 6 nitrogen and oxygen atoms in total. The first-order chi connectivity index (χ1) is 13.6. The lowest BCUT2D eigenvalue weighted by Crippen LogP contribution is -2.48. The SMILES string of the molecule is O=C(CCN1CCN(c2ccccc2)CC1)NNC(=O)Cc1ccccc1F. The summed E-state index contributed by atoms with van der Waals surface area (Å²) < 4.78 is 13.5. The van der Waals surface area contributed by atoms with E-state index in [1.165, 1.54) is 11.8 Å². The second-order valence-corrected chi connectivity index (χ2v) is 6.78. The molecule has 7 heteroatoms. The molecule has 0 bridgehead atoms. The molecule has 1 saturated heterocycles. The molecule has 148 valence electrons. The highest BCUT2D eigenvalue weighted by Gasteiger charge is 2.17. The number of rotatable bonds is 6. The van der Waals surface area contributed by atoms with Gasteiger partial charge in [-0.05, 0) is 23.8 Å². The fourth-order valence-corrected chi connectivity index (χ4v) is 3.19. The molecular weight excluding hydrogens is 359 g/mol. The average molecular weight is 384 g/mol. The van der Waals surface area contributed by atoms with Crippen molar-refractivity contribution in [3.63, 3.8) is 0 Å². The van der Waals surface area contributed by atoms with Gasteiger partial charge >= 0.3 is 0 Å². The van der Waals surface area contributed by atoms with Gasteiger partial charge in [0.15, 0.2) is 0 Å². The third kappa shape index (κ3) is 5.79. The van der Waals surface area contributed by atoms with Crippen LogP contribution >= 0.6 is 0 Å². The Hall–Kier alpha value is -2.93. The maximum Gasteiger partial charge on any atom is 0.242 e. The van der Waals surface area contributed by atoms with Crippen molar-refractivity contribution in [1.29, 1.82) is 0 Å². The smallest absolute Gasteiger partial charge is 0.242 e. The van der Waals surface area contributed by atoms with Gasteiger partial charge in [-0.25, -0.2) is 4.39 Å². The predicted octanol–water partition coefficient (Wildman–Crippen LogP) is 1.73. The van der Waals surface area contributed by atoms with Crippen LogP contribution in [0.4, 0.5) is 10.1 Å². The molecule has 28 heavy (non-hydrogen) atoms. The van der Waals surface area contributed by atoms with Gasteiger partial charge in [-0.15, -0.1) is 0 Å². The molecule has 0 unspecified atom stereocenters. The van der Waals surface area contributed by atoms with Gasteiger partial charge in [-0.1, -0.05) is 36.4 Å². The molecule has 0 saturated carbocycles. The lowest BCUT2D eigenvalue weighted by Gasteiger charge is -2.36. The van der Waals surface area contributed by atoms with E-state index in [0.717, 1.165) is 26.2 Å². The summed E-state index contributed by atoms with van der Waals surface area (Å²) in [6, 6.07) is 16.4. The molecule has 0 spiro atoms. The predicted molar refractivity (Wildman–Crippen MR) is 106 cm³/mol. The number of hydrogen-bond donors (Lipinski definition) is 2. The van der Waals surface area contributed by atoms with Crippen LogP contribution in [0.2, 0.25) is 0 Å². The van der Waals surface area contributed by atoms with Crippen LogP contribution in [-0.4, -0.2) is 49.4 Å². The zero-order chi connectivity index (χ0) is 19.8. The van der Waals surface area contributed by atoms with E-state index < -0.39 is 11.7 Å². The Kier molecular flexibility index (Phi) is 6.97. The van der Waals surface area contributed by atoms with Crippen LogP contribution in [0.5, 0.6) is 0 Å². The van der Waals surface area contributed by atoms with E-state index in [2.05, 4.69) is 32.8 Å². The number of anilines is 1. The number of amides is 2. The minimum atomic E-state index is -0.449. The molecule has 0 radical (unpaired) electrons. The van der Waals surface area contributed by atoms with Crippen molar-refractivity contribution in [3.8, 4) is 0 Å². The summed E-state index contributed by atoms with van der Waals surface area (Å²) >= 11 is 0. The molecule has 2 amide bonds. The number of nitrogens with zero attached hydrogens (tertiary/aromatic N) is 2. The Labute approximate surface area is 164 Å². The maximum absolute atomic E-state index is 13.5. The van der Waals surface area contributed by atoms with E-state index >= 15 is 0 Å². The van der Waals surface area contributed by atoms with Crippen molar-refractivity contribution in [2.45, 2.75) is 12.8 Å². The van der Waals surface area contributed by atoms with Gasteiger partial charge in [0.1, 0.15) is 5.82 Å². The van der Waals surface area contributed by atoms with Crippen LogP contribution in [0.25, 0.3) is 0 Å². The molecule has 1 aliphatic rings. The highest BCUT2D eigenvalue weighted by Crippen LogP contribution is 2.15. The molecule has 0 aromatic heterocycles. The molecule has 1 aliphatic heterocycles. The van der Waals surface area contributed by atoms with Crippen LogP contribution in [0.3, 0.4) is 0 Å². The van der Waals surface area contributed by atoms with Crippen LogP contribution in [0, 0.1) is 5.82 Å². The minimum absolute atomic E-state index is 0.117. The number of para-hydroxylation sites is 1. The zero-order valence-electron chi connectivity index (χ0n) is 15.7. The van der Waals surface area contributed by atoms with Crippen LogP contribution in [0.1, 0.15) is 12.0 Å². The molecule has 0 aliphatic carbocycles. The van der Waals surface area contributed by atoms with Crippen molar-refractivity contribution >= 4 is 17.5 Å². The van der Waals surface area contributed by atoms with E-state index in [-0.39, 0.29) is 12.3 Å². The number of piperazine rings is 1. The quantitative estimate of drug-likeness (QED) is 0.745. The van der Waals surface area contributed by atoms with Gasteiger partial charge in [-0.3, -0.25) is 25.3 Å². The second kappa shape index (κ2) is 9.85. The lowest BCUT2D eigenvalue weighted by molar-refractivity contribution is -0.128. The minimum Gasteiger partial charge on any atom is -0.369 e. The van der Waals surface area contributed by atoms with E-state index in [9.17, 15) is 14.0 Å². The Morgan fingerprint density at radius 2 is 1.50 bits per heavy atom. The third-order valence-electron chi connectivity index (χ3n) is 4.80. The highest BCUT2D eigenvalue weighted by atomic mass is 19.1. The van der Waals surface area contributed by atoms with Crippen molar-refractivity contribution in [3.05, 3.63) is 66.0 Å². The average Bonchev–Trinajstić information content (AvgIpc) is 2.73. The first kappa shape index (κ1) is 19.8. The molecule has 2 aromatic rings. The largest absolute Gasteiger partial charge is 0.369 e. The molecule has 2 aromatic carbocycles. The number of nitrogens with one attached hydrogen (secondary N) is 2. The summed E-state index contributed by atoms with van der Waals surface area (Å²) in [5.74, 6) is -1.14. The number of carbonyl (C=O) groups is 2. The van der Waals surface area contributed by atoms with Crippen LogP contribution in [-0.2, 0) is 16.0 Å². The van der Waals surface area contributed by atoms with E-state index in [1.54, 1.807) is 18.2 Å². The molecule has 1 fully saturated rings. The summed E-state index contributed by atoms with van der Waals surface area (Å²) in [4.78, 5) is 28.4. The highest BCUT2D eigenvalue weighted by molar-refractivity contribution is 5.83. The van der Waals surface area contributed by atoms with Gasteiger partial charge in [0.2, 0.25) is 11.8 Å². The number of hydrogen-bond acceptors (Lipinski definition) is 4. The fourth-order valence-electron chi connectivity index (χ4n) is 3.19. The maximum atomic E-state index is 13.5. The normalized spacial score (nSPS) is 14.5. The van der Waals surface area contributed by atoms with Crippen LogP contribution in [0.15, 0.2) is 54.6 Å². The topological polar surface area (TPSA) is 64.7 Å². The van der Waals surface area contributed by atoms with Crippen molar-refractivity contribution in [2.75, 3.05) is 37.6 Å². The fraction of sp³-hybridized carbons (Fsp3) is 0.333. The number of benzene rings is 2. The molecule has 0 atom stereocenters. The molecule has 1 heterocycles. The summed E-state index contributed by atoms with van der Waals surface area (Å²) in [7, 11) is 0. The van der Waals surface area contributed by atoms with Gasteiger partial charge in [0.05, 0.1) is 6.42 Å². The van der Waals surface area contributed by atoms with Crippen LogP contribution < -0.4 is 15.8 Å². The van der Waals surface area contributed by atoms with Crippen molar-refractivity contribution in [2.24, 2.45) is 0 Å². The Balaban J connectivity index is 1.33. The van der Waals surface area contributed by atoms with E-state index in [1.807, 2.05) is 18.2 Å². The van der Waals surface area contributed by atoms with E-state index in [0.29, 0.717) is 18.5 Å².